The van der Waals surface area contributed by atoms with E-state index >= 15 is 0 Å². The van der Waals surface area contributed by atoms with Crippen LogP contribution in [-0.4, -0.2) is 65.8 Å². The van der Waals surface area contributed by atoms with Crippen molar-refractivity contribution in [1.82, 2.24) is 34.4 Å². The van der Waals surface area contributed by atoms with Crippen molar-refractivity contribution in [2.24, 2.45) is 7.05 Å². The molecule has 1 amide bonds. The molecule has 4 heterocycles. The Morgan fingerprint density at radius 3 is 2.84 bits per heavy atom. The minimum absolute atomic E-state index is 0.171. The molecular weight excluding hydrogens is 406 g/mol. The van der Waals surface area contributed by atoms with Crippen LogP contribution in [0.5, 0.6) is 0 Å². The predicted molar refractivity (Wildman–Crippen MR) is 119 cm³/mol. The van der Waals surface area contributed by atoms with Gasteiger partial charge in [-0.15, -0.1) is 0 Å². The average Bonchev–Trinajstić information content (AvgIpc) is 3.43. The van der Waals surface area contributed by atoms with Crippen LogP contribution in [0.4, 0.5) is 0 Å². The summed E-state index contributed by atoms with van der Waals surface area (Å²) in [6.07, 6.45) is 9.05. The van der Waals surface area contributed by atoms with E-state index in [1.807, 2.05) is 25.5 Å². The van der Waals surface area contributed by atoms with Gasteiger partial charge in [-0.3, -0.25) is 19.4 Å². The van der Waals surface area contributed by atoms with Crippen molar-refractivity contribution in [3.8, 4) is 11.3 Å². The van der Waals surface area contributed by atoms with Crippen LogP contribution in [0.1, 0.15) is 21.6 Å². The van der Waals surface area contributed by atoms with Gasteiger partial charge in [0, 0.05) is 57.4 Å². The van der Waals surface area contributed by atoms with E-state index in [1.165, 1.54) is 11.1 Å². The van der Waals surface area contributed by atoms with Gasteiger partial charge in [0.25, 0.3) is 5.91 Å². The van der Waals surface area contributed by atoms with Crippen molar-refractivity contribution in [2.45, 2.75) is 19.1 Å². The number of β-amino-alcohol motifs (C(OH)–C–C–N with tert-alkyl or cyclic N) is 1. The van der Waals surface area contributed by atoms with Crippen molar-refractivity contribution in [3.05, 3.63) is 72.1 Å². The minimum atomic E-state index is -0.653. The highest BCUT2D eigenvalue weighted by molar-refractivity contribution is 5.92. The summed E-state index contributed by atoms with van der Waals surface area (Å²) in [5, 5.41) is 17.4. The second-order valence-electron chi connectivity index (χ2n) is 8.18. The third kappa shape index (κ3) is 4.25. The van der Waals surface area contributed by atoms with Crippen molar-refractivity contribution in [2.75, 3.05) is 19.6 Å². The number of hydrogen-bond acceptors (Lipinski definition) is 6. The van der Waals surface area contributed by atoms with Gasteiger partial charge in [-0.25, -0.2) is 4.98 Å². The van der Waals surface area contributed by atoms with Crippen LogP contribution < -0.4 is 5.32 Å². The molecule has 0 saturated carbocycles. The molecular formula is C23H25N7O2. The van der Waals surface area contributed by atoms with E-state index in [0.29, 0.717) is 12.2 Å². The SMILES string of the molecule is Cn1cc(-c2cn3cc(C(=O)NC[C@H](O)CN4CCc5ccccc5C4)nc3cn2)cn1. The second-order valence-corrected chi connectivity index (χ2v) is 8.18. The van der Waals surface area contributed by atoms with Crippen LogP contribution in [-0.2, 0) is 20.0 Å². The summed E-state index contributed by atoms with van der Waals surface area (Å²) in [5.41, 5.74) is 5.18. The first-order valence-corrected chi connectivity index (χ1v) is 10.6. The first kappa shape index (κ1) is 20.3. The molecule has 32 heavy (non-hydrogen) atoms. The lowest BCUT2D eigenvalue weighted by Crippen LogP contribution is -2.42. The molecule has 1 aromatic carbocycles. The van der Waals surface area contributed by atoms with E-state index in [-0.39, 0.29) is 18.1 Å². The Kier molecular flexibility index (Phi) is 5.42. The van der Waals surface area contributed by atoms with Crippen molar-refractivity contribution >= 4 is 11.6 Å². The number of nitrogens with zero attached hydrogens (tertiary/aromatic N) is 6. The Bertz CT molecular complexity index is 1260. The highest BCUT2D eigenvalue weighted by Crippen LogP contribution is 2.19. The normalized spacial score (nSPS) is 14.9. The molecule has 9 nitrogen and oxygen atoms in total. The van der Waals surface area contributed by atoms with Gasteiger partial charge < -0.3 is 14.8 Å². The first-order chi connectivity index (χ1) is 15.5. The van der Waals surface area contributed by atoms with Crippen LogP contribution >= 0.6 is 0 Å². The summed E-state index contributed by atoms with van der Waals surface area (Å²) in [7, 11) is 1.85. The number of carbonyl (C=O) groups is 1. The molecule has 0 bridgehead atoms. The molecule has 9 heteroatoms. The van der Waals surface area contributed by atoms with Crippen molar-refractivity contribution in [3.63, 3.8) is 0 Å². The number of imidazole rings is 1. The zero-order valence-electron chi connectivity index (χ0n) is 17.8. The summed E-state index contributed by atoms with van der Waals surface area (Å²) in [5.74, 6) is -0.320. The number of carbonyl (C=O) groups excluding carboxylic acids is 1. The van der Waals surface area contributed by atoms with E-state index in [2.05, 4.69) is 43.5 Å². The largest absolute Gasteiger partial charge is 0.390 e. The second kappa shape index (κ2) is 8.52. The lowest BCUT2D eigenvalue weighted by molar-refractivity contribution is 0.0838. The Hall–Kier alpha value is -3.56. The predicted octanol–water partition coefficient (Wildman–Crippen LogP) is 1.28. The molecule has 1 atom stereocenters. The molecule has 0 spiro atoms. The fourth-order valence-electron chi connectivity index (χ4n) is 4.08. The highest BCUT2D eigenvalue weighted by Gasteiger charge is 2.19. The number of fused-ring (bicyclic) bond motifs is 2. The molecule has 0 fully saturated rings. The molecule has 164 valence electrons. The van der Waals surface area contributed by atoms with Gasteiger partial charge in [0.05, 0.1) is 24.2 Å². The molecule has 1 aliphatic rings. The van der Waals surface area contributed by atoms with Crippen LogP contribution in [0.25, 0.3) is 16.9 Å². The quantitative estimate of drug-likeness (QED) is 0.477. The number of aliphatic hydroxyl groups is 1. The Morgan fingerprint density at radius 1 is 1.19 bits per heavy atom. The zero-order chi connectivity index (χ0) is 22.1. The number of aryl methyl sites for hydroxylation is 1. The van der Waals surface area contributed by atoms with Gasteiger partial charge in [0.15, 0.2) is 5.65 Å². The molecule has 0 saturated heterocycles. The topological polar surface area (TPSA) is 101 Å². The van der Waals surface area contributed by atoms with E-state index < -0.39 is 6.10 Å². The van der Waals surface area contributed by atoms with E-state index in [4.69, 9.17) is 0 Å². The van der Waals surface area contributed by atoms with E-state index in [0.717, 1.165) is 30.8 Å². The average molecular weight is 432 g/mol. The van der Waals surface area contributed by atoms with Crippen LogP contribution in [0.15, 0.2) is 55.2 Å². The number of aliphatic hydroxyl groups excluding tert-OH is 1. The maximum absolute atomic E-state index is 12.6. The number of hydrogen-bond donors (Lipinski definition) is 2. The van der Waals surface area contributed by atoms with Gasteiger partial charge >= 0.3 is 0 Å². The van der Waals surface area contributed by atoms with Gasteiger partial charge in [-0.1, -0.05) is 24.3 Å². The van der Waals surface area contributed by atoms with Crippen LogP contribution in [0.2, 0.25) is 0 Å². The summed E-state index contributed by atoms with van der Waals surface area (Å²) in [6, 6.07) is 8.40. The van der Waals surface area contributed by atoms with Gasteiger partial charge in [0.2, 0.25) is 0 Å². The summed E-state index contributed by atoms with van der Waals surface area (Å²) < 4.78 is 3.48. The van der Waals surface area contributed by atoms with Crippen LogP contribution in [0.3, 0.4) is 0 Å². The van der Waals surface area contributed by atoms with Gasteiger partial charge in [-0.2, -0.15) is 5.10 Å². The smallest absolute Gasteiger partial charge is 0.271 e. The molecule has 4 aromatic rings. The maximum atomic E-state index is 12.6. The fourth-order valence-corrected chi connectivity index (χ4v) is 4.08. The summed E-state index contributed by atoms with van der Waals surface area (Å²) in [4.78, 5) is 23.6. The Balaban J connectivity index is 1.18. The third-order valence-corrected chi connectivity index (χ3v) is 5.75. The minimum Gasteiger partial charge on any atom is -0.390 e. The van der Waals surface area contributed by atoms with Crippen LogP contribution in [0, 0.1) is 0 Å². The molecule has 0 unspecified atom stereocenters. The number of nitrogens with one attached hydrogen (secondary N) is 1. The van der Waals surface area contributed by atoms with Gasteiger partial charge in [0.1, 0.15) is 5.69 Å². The first-order valence-electron chi connectivity index (χ1n) is 10.6. The molecule has 0 aliphatic carbocycles. The molecule has 2 N–H and O–H groups in total. The molecule has 3 aromatic heterocycles. The molecule has 1 aliphatic heterocycles. The number of amides is 1. The zero-order valence-corrected chi connectivity index (χ0v) is 17.8. The number of rotatable bonds is 6. The molecule has 0 radical (unpaired) electrons. The Morgan fingerprint density at radius 2 is 2.03 bits per heavy atom. The summed E-state index contributed by atoms with van der Waals surface area (Å²) >= 11 is 0. The number of aromatic nitrogens is 5. The van der Waals surface area contributed by atoms with E-state index in [1.54, 1.807) is 27.7 Å². The maximum Gasteiger partial charge on any atom is 0.271 e. The lowest BCUT2D eigenvalue weighted by atomic mass is 10.00. The van der Waals surface area contributed by atoms with Crippen molar-refractivity contribution in [1.29, 1.82) is 0 Å². The summed E-state index contributed by atoms with van der Waals surface area (Å²) in [6.45, 7) is 2.41. The highest BCUT2D eigenvalue weighted by atomic mass is 16.3. The molecule has 5 rings (SSSR count). The standard InChI is InChI=1S/C23H25N7O2/c1-28-11-18(8-26-28)20-14-30-15-21(27-22(30)10-24-20)23(32)25-9-19(31)13-29-7-6-16-4-2-3-5-17(16)12-29/h2-5,8,10-11,14-15,19,31H,6-7,9,12-13H2,1H3,(H,25,32)/t19-/m0/s1. The third-order valence-electron chi connectivity index (χ3n) is 5.75. The van der Waals surface area contributed by atoms with Gasteiger partial charge in [-0.05, 0) is 17.5 Å². The fraction of sp³-hybridized carbons (Fsp3) is 0.304. The Labute approximate surface area is 185 Å². The monoisotopic (exact) mass is 431 g/mol. The number of benzene rings is 1. The van der Waals surface area contributed by atoms with Crippen molar-refractivity contribution < 1.29 is 9.90 Å². The van der Waals surface area contributed by atoms with E-state index in [9.17, 15) is 9.90 Å². The lowest BCUT2D eigenvalue weighted by Gasteiger charge is -2.30.